The van der Waals surface area contributed by atoms with Gasteiger partial charge in [0.2, 0.25) is 16.0 Å². The lowest BCUT2D eigenvalue weighted by atomic mass is 9.93. The van der Waals surface area contributed by atoms with Crippen molar-refractivity contribution in [3.05, 3.63) is 36.2 Å². The summed E-state index contributed by atoms with van der Waals surface area (Å²) >= 11 is 0. The van der Waals surface area contributed by atoms with Crippen LogP contribution in [-0.2, 0) is 22.3 Å². The zero-order valence-electron chi connectivity index (χ0n) is 17.3. The molecule has 0 saturated heterocycles. The fraction of sp³-hybridized carbons (Fsp3) is 0.450. The lowest BCUT2D eigenvalue weighted by molar-refractivity contribution is 0.126. The van der Waals surface area contributed by atoms with Gasteiger partial charge in [0.25, 0.3) is 0 Å². The monoisotopic (exact) mass is 445 g/mol. The number of aromatic nitrogens is 4. The molecule has 166 valence electrons. The highest BCUT2D eigenvalue weighted by Gasteiger charge is 2.21. The van der Waals surface area contributed by atoms with Crippen molar-refractivity contribution in [2.24, 2.45) is 5.14 Å². The lowest BCUT2D eigenvalue weighted by Gasteiger charge is -2.26. The van der Waals surface area contributed by atoms with Gasteiger partial charge in [-0.2, -0.15) is 9.97 Å². The number of hydrogen-bond donors (Lipinski definition) is 4. The summed E-state index contributed by atoms with van der Waals surface area (Å²) in [5.74, 6) is 0.864. The summed E-state index contributed by atoms with van der Waals surface area (Å²) in [6.45, 7) is 2.75. The van der Waals surface area contributed by atoms with Gasteiger partial charge in [-0.3, -0.25) is 0 Å². The average Bonchev–Trinajstić information content (AvgIpc) is 3.13. The van der Waals surface area contributed by atoms with E-state index in [0.29, 0.717) is 22.8 Å². The number of sulfonamides is 1. The van der Waals surface area contributed by atoms with Crippen LogP contribution in [0, 0.1) is 0 Å². The van der Waals surface area contributed by atoms with E-state index in [2.05, 4.69) is 25.6 Å². The predicted molar refractivity (Wildman–Crippen MR) is 119 cm³/mol. The number of anilines is 3. The number of benzene rings is 1. The Bertz CT molecular complexity index is 1150. The molecule has 2 aromatic heterocycles. The van der Waals surface area contributed by atoms with Gasteiger partial charge in [-0.25, -0.2) is 18.5 Å². The Morgan fingerprint density at radius 1 is 1.16 bits per heavy atom. The van der Waals surface area contributed by atoms with Crippen LogP contribution < -0.4 is 15.8 Å². The van der Waals surface area contributed by atoms with E-state index in [9.17, 15) is 13.5 Å². The van der Waals surface area contributed by atoms with Crippen LogP contribution in [0.5, 0.6) is 0 Å². The molecule has 0 atom stereocenters. The van der Waals surface area contributed by atoms with Gasteiger partial charge in [-0.05, 0) is 50.3 Å². The topological polar surface area (TPSA) is 148 Å². The van der Waals surface area contributed by atoms with E-state index in [0.717, 1.165) is 43.6 Å². The molecular formula is C20H27N7O3S. The molecule has 1 saturated carbocycles. The minimum atomic E-state index is -3.58. The number of aryl methyl sites for hydroxylation is 1. The highest BCUT2D eigenvalue weighted by Crippen LogP contribution is 2.27. The standard InChI is InChI=1S/C20H27N7O3S/c1-2-27-12-22-17-18(23-14-5-3-13(4-6-14)11-31(21,29)30)25-20(26-19(17)27)24-15-7-9-16(28)10-8-15/h3-6,12,15-16,28H,2,7-11H2,1H3,(H2,21,29,30)(H2,23,24,25,26). The predicted octanol–water partition coefficient (Wildman–Crippen LogP) is 2.09. The van der Waals surface area contributed by atoms with Crippen molar-refractivity contribution in [2.45, 2.75) is 57.1 Å². The van der Waals surface area contributed by atoms with Gasteiger partial charge in [0.05, 0.1) is 18.2 Å². The maximum atomic E-state index is 11.3. The maximum absolute atomic E-state index is 11.3. The molecule has 3 aromatic rings. The van der Waals surface area contributed by atoms with Gasteiger partial charge in [0.15, 0.2) is 17.0 Å². The molecule has 1 aliphatic rings. The highest BCUT2D eigenvalue weighted by molar-refractivity contribution is 7.88. The molecule has 1 aromatic carbocycles. The molecule has 31 heavy (non-hydrogen) atoms. The van der Waals surface area contributed by atoms with Crippen LogP contribution in [-0.4, -0.2) is 45.2 Å². The summed E-state index contributed by atoms with van der Waals surface area (Å²) < 4.78 is 24.5. The van der Waals surface area contributed by atoms with Crippen LogP contribution in [0.15, 0.2) is 30.6 Å². The molecule has 0 spiro atoms. The number of fused-ring (bicyclic) bond motifs is 1. The van der Waals surface area contributed by atoms with Crippen LogP contribution in [0.3, 0.4) is 0 Å². The summed E-state index contributed by atoms with van der Waals surface area (Å²) in [4.78, 5) is 13.8. The third-order valence-corrected chi connectivity index (χ3v) is 6.15. The number of hydrogen-bond acceptors (Lipinski definition) is 8. The highest BCUT2D eigenvalue weighted by atomic mass is 32.2. The number of nitrogens with zero attached hydrogens (tertiary/aromatic N) is 4. The third kappa shape index (κ3) is 5.30. The molecule has 0 bridgehead atoms. The molecule has 11 heteroatoms. The number of nitrogens with one attached hydrogen (secondary N) is 2. The van der Waals surface area contributed by atoms with Crippen LogP contribution in [0.25, 0.3) is 11.2 Å². The van der Waals surface area contributed by atoms with Gasteiger partial charge in [0, 0.05) is 18.3 Å². The molecule has 5 N–H and O–H groups in total. The van der Waals surface area contributed by atoms with Crippen LogP contribution >= 0.6 is 0 Å². The summed E-state index contributed by atoms with van der Waals surface area (Å²) in [6, 6.07) is 7.19. The van der Waals surface area contributed by atoms with Crippen LogP contribution in [0.4, 0.5) is 17.5 Å². The second-order valence-electron chi connectivity index (χ2n) is 7.88. The number of rotatable bonds is 7. The number of imidazole rings is 1. The van der Waals surface area contributed by atoms with Crippen molar-refractivity contribution in [3.8, 4) is 0 Å². The van der Waals surface area contributed by atoms with E-state index < -0.39 is 10.0 Å². The van der Waals surface area contributed by atoms with E-state index >= 15 is 0 Å². The van der Waals surface area contributed by atoms with Crippen molar-refractivity contribution >= 4 is 38.6 Å². The minimum absolute atomic E-state index is 0.212. The van der Waals surface area contributed by atoms with Crippen LogP contribution in [0.2, 0.25) is 0 Å². The molecule has 10 nitrogen and oxygen atoms in total. The molecule has 1 fully saturated rings. The smallest absolute Gasteiger partial charge is 0.227 e. The molecule has 2 heterocycles. The maximum Gasteiger partial charge on any atom is 0.227 e. The van der Waals surface area contributed by atoms with Gasteiger partial charge in [-0.1, -0.05) is 12.1 Å². The number of aliphatic hydroxyl groups excluding tert-OH is 1. The third-order valence-electron chi connectivity index (χ3n) is 5.42. The van der Waals surface area contributed by atoms with Gasteiger partial charge < -0.3 is 20.3 Å². The Labute approximate surface area is 181 Å². The Kier molecular flexibility index (Phi) is 6.08. The van der Waals surface area contributed by atoms with E-state index in [1.54, 1.807) is 30.6 Å². The minimum Gasteiger partial charge on any atom is -0.393 e. The summed E-state index contributed by atoms with van der Waals surface area (Å²) in [5.41, 5.74) is 2.73. The van der Waals surface area contributed by atoms with Crippen molar-refractivity contribution in [2.75, 3.05) is 10.6 Å². The molecule has 0 aliphatic heterocycles. The Morgan fingerprint density at radius 3 is 2.52 bits per heavy atom. The fourth-order valence-corrected chi connectivity index (χ4v) is 4.44. The molecule has 4 rings (SSSR count). The van der Waals surface area contributed by atoms with Crippen molar-refractivity contribution in [1.82, 2.24) is 19.5 Å². The first kappa shape index (κ1) is 21.5. The zero-order chi connectivity index (χ0) is 22.0. The average molecular weight is 446 g/mol. The normalized spacial score (nSPS) is 19.5. The van der Waals surface area contributed by atoms with Crippen molar-refractivity contribution in [3.63, 3.8) is 0 Å². The summed E-state index contributed by atoms with van der Waals surface area (Å²) in [7, 11) is -3.58. The summed E-state index contributed by atoms with van der Waals surface area (Å²) in [6.07, 6.45) is 4.78. The van der Waals surface area contributed by atoms with Gasteiger partial charge in [0.1, 0.15) is 0 Å². The first-order chi connectivity index (χ1) is 14.8. The second kappa shape index (κ2) is 8.77. The molecule has 0 unspecified atom stereocenters. The molecule has 0 radical (unpaired) electrons. The first-order valence-corrected chi connectivity index (χ1v) is 12.1. The number of primary sulfonamides is 1. The van der Waals surface area contributed by atoms with E-state index in [-0.39, 0.29) is 17.9 Å². The molecular weight excluding hydrogens is 418 g/mol. The van der Waals surface area contributed by atoms with E-state index in [1.807, 2.05) is 11.5 Å². The second-order valence-corrected chi connectivity index (χ2v) is 9.49. The van der Waals surface area contributed by atoms with E-state index in [4.69, 9.17) is 5.14 Å². The quantitative estimate of drug-likeness (QED) is 0.432. The first-order valence-electron chi connectivity index (χ1n) is 10.3. The number of aliphatic hydroxyl groups is 1. The Morgan fingerprint density at radius 2 is 1.87 bits per heavy atom. The van der Waals surface area contributed by atoms with Gasteiger partial charge in [-0.15, -0.1) is 0 Å². The molecule has 1 aliphatic carbocycles. The Balaban J connectivity index is 1.60. The summed E-state index contributed by atoms with van der Waals surface area (Å²) in [5, 5.41) is 21.5. The van der Waals surface area contributed by atoms with Crippen LogP contribution in [0.1, 0.15) is 38.2 Å². The Hall–Kier alpha value is -2.76. The largest absolute Gasteiger partial charge is 0.393 e. The lowest BCUT2D eigenvalue weighted by Crippen LogP contribution is -2.29. The van der Waals surface area contributed by atoms with Crippen molar-refractivity contribution < 1.29 is 13.5 Å². The SMILES string of the molecule is CCn1cnc2c(Nc3ccc(CS(N)(=O)=O)cc3)nc(NC3CCC(O)CC3)nc21. The van der Waals surface area contributed by atoms with Crippen molar-refractivity contribution in [1.29, 1.82) is 0 Å². The fourth-order valence-electron chi connectivity index (χ4n) is 3.78. The van der Waals surface area contributed by atoms with E-state index in [1.165, 1.54) is 0 Å². The zero-order valence-corrected chi connectivity index (χ0v) is 18.1. The number of nitrogens with two attached hydrogens (primary N) is 1. The molecule has 0 amide bonds. The van der Waals surface area contributed by atoms with Gasteiger partial charge >= 0.3 is 0 Å².